The Morgan fingerprint density at radius 3 is 2.71 bits per heavy atom. The third-order valence-corrected chi connectivity index (χ3v) is 4.65. The molecule has 1 fully saturated rings. The van der Waals surface area contributed by atoms with Crippen molar-refractivity contribution in [1.82, 2.24) is 14.9 Å². The van der Waals surface area contributed by atoms with Crippen LogP contribution in [0.4, 0.5) is 0 Å². The fourth-order valence-electron chi connectivity index (χ4n) is 2.77. The molecule has 1 aromatic rings. The van der Waals surface area contributed by atoms with Crippen LogP contribution in [0.15, 0.2) is 34.2 Å². The molecule has 110 valence electrons. The molecule has 0 aromatic carbocycles. The third-order valence-electron chi connectivity index (χ3n) is 3.65. The van der Waals surface area contributed by atoms with Gasteiger partial charge in [0.2, 0.25) is 5.91 Å². The molecule has 2 aliphatic rings. The van der Waals surface area contributed by atoms with Gasteiger partial charge in [0.1, 0.15) is 5.70 Å². The van der Waals surface area contributed by atoms with Gasteiger partial charge in [0.05, 0.1) is 18.1 Å². The molecule has 2 unspecified atom stereocenters. The smallest absolute Gasteiger partial charge is 0.353 e. The number of carboxylic acid groups (broad SMARTS) is 1. The van der Waals surface area contributed by atoms with Crippen molar-refractivity contribution in [2.45, 2.75) is 30.6 Å². The van der Waals surface area contributed by atoms with Crippen LogP contribution in [-0.2, 0) is 9.59 Å². The van der Waals surface area contributed by atoms with Gasteiger partial charge in [0.15, 0.2) is 5.16 Å². The molecule has 8 heteroatoms. The molecule has 2 N–H and O–H groups in total. The van der Waals surface area contributed by atoms with Crippen LogP contribution in [0.2, 0.25) is 0 Å². The number of hydrogen-bond donors (Lipinski definition) is 2. The molecule has 0 bridgehead atoms. The van der Waals surface area contributed by atoms with Crippen LogP contribution in [-0.4, -0.2) is 49.1 Å². The normalized spacial score (nSPS) is 25.6. The van der Waals surface area contributed by atoms with E-state index in [0.29, 0.717) is 16.5 Å². The lowest BCUT2D eigenvalue weighted by atomic mass is 9.83. The number of carbonyl (C=O) groups excluding carboxylic acids is 1. The van der Waals surface area contributed by atoms with Crippen molar-refractivity contribution in [1.29, 1.82) is 0 Å². The van der Waals surface area contributed by atoms with Crippen LogP contribution < -0.4 is 0 Å². The number of aliphatic hydroxyl groups excluding tert-OH is 1. The number of thioether (sulfide) groups is 1. The van der Waals surface area contributed by atoms with Crippen LogP contribution >= 0.6 is 11.8 Å². The second-order valence-corrected chi connectivity index (χ2v) is 6.02. The summed E-state index contributed by atoms with van der Waals surface area (Å²) in [6, 6.07) is 1.39. The van der Waals surface area contributed by atoms with E-state index in [-0.39, 0.29) is 17.6 Å². The Balaban J connectivity index is 1.89. The van der Waals surface area contributed by atoms with Gasteiger partial charge in [-0.25, -0.2) is 14.8 Å². The lowest BCUT2D eigenvalue weighted by molar-refractivity contribution is -0.161. The zero-order chi connectivity index (χ0) is 15.1. The lowest BCUT2D eigenvalue weighted by Gasteiger charge is -2.44. The molecule has 2 aliphatic heterocycles. The van der Waals surface area contributed by atoms with Gasteiger partial charge in [-0.1, -0.05) is 11.8 Å². The number of carboxylic acids is 1. The van der Waals surface area contributed by atoms with E-state index in [0.717, 1.165) is 11.8 Å². The van der Waals surface area contributed by atoms with Gasteiger partial charge in [-0.15, -0.1) is 0 Å². The van der Waals surface area contributed by atoms with Gasteiger partial charge in [0.25, 0.3) is 0 Å². The summed E-state index contributed by atoms with van der Waals surface area (Å²) in [5.74, 6) is -2.01. The summed E-state index contributed by atoms with van der Waals surface area (Å²) >= 11 is 1.15. The summed E-state index contributed by atoms with van der Waals surface area (Å²) in [7, 11) is 0. The molecule has 1 aromatic heterocycles. The fraction of sp³-hybridized carbons (Fsp3) is 0.385. The van der Waals surface area contributed by atoms with Crippen LogP contribution in [0.5, 0.6) is 0 Å². The molecule has 0 radical (unpaired) electrons. The van der Waals surface area contributed by atoms with Gasteiger partial charge in [-0.2, -0.15) is 0 Å². The first-order valence-corrected chi connectivity index (χ1v) is 7.24. The summed E-state index contributed by atoms with van der Waals surface area (Å²) < 4.78 is 0. The van der Waals surface area contributed by atoms with Crippen molar-refractivity contribution in [3.8, 4) is 0 Å². The van der Waals surface area contributed by atoms with E-state index in [1.165, 1.54) is 4.90 Å². The largest absolute Gasteiger partial charge is 0.477 e. The maximum atomic E-state index is 12.0. The molecular formula is C13H13N3O4S. The number of hydrogen-bond acceptors (Lipinski definition) is 6. The highest BCUT2D eigenvalue weighted by Gasteiger charge is 2.56. The number of aliphatic hydroxyl groups is 1. The summed E-state index contributed by atoms with van der Waals surface area (Å²) in [5.41, 5.74) is -0.0145. The highest BCUT2D eigenvalue weighted by atomic mass is 32.2. The minimum atomic E-state index is -1.15. The van der Waals surface area contributed by atoms with Crippen LogP contribution in [0, 0.1) is 5.92 Å². The Bertz CT molecular complexity index is 632. The Morgan fingerprint density at radius 1 is 1.48 bits per heavy atom. The van der Waals surface area contributed by atoms with Gasteiger partial charge < -0.3 is 15.1 Å². The Morgan fingerprint density at radius 2 is 2.14 bits per heavy atom. The number of fused-ring (bicyclic) bond motifs is 1. The van der Waals surface area contributed by atoms with Crippen molar-refractivity contribution in [3.05, 3.63) is 29.1 Å². The maximum absolute atomic E-state index is 12.0. The average Bonchev–Trinajstić information content (AvgIpc) is 2.74. The van der Waals surface area contributed by atoms with Gasteiger partial charge in [-0.3, -0.25) is 4.79 Å². The maximum Gasteiger partial charge on any atom is 0.353 e. The SMILES string of the molecule is C[C@H](O)C1C(=O)N2C(C(=O)O)=C(Sc3ncccn3)CC12. The molecule has 1 saturated heterocycles. The van der Waals surface area contributed by atoms with Crippen LogP contribution in [0.25, 0.3) is 0 Å². The van der Waals surface area contributed by atoms with E-state index in [4.69, 9.17) is 0 Å². The Hall–Kier alpha value is -1.93. The monoisotopic (exact) mass is 307 g/mol. The van der Waals surface area contributed by atoms with Crippen molar-refractivity contribution in [2.24, 2.45) is 5.92 Å². The Kier molecular flexibility index (Phi) is 3.42. The molecule has 3 atom stereocenters. The number of carbonyl (C=O) groups is 2. The molecular weight excluding hydrogens is 294 g/mol. The Labute approximate surface area is 124 Å². The predicted octanol–water partition coefficient (Wildman–Crippen LogP) is 0.476. The number of aromatic nitrogens is 2. The van der Waals surface area contributed by atoms with Gasteiger partial charge in [-0.05, 0) is 13.0 Å². The number of rotatable bonds is 4. The van der Waals surface area contributed by atoms with Gasteiger partial charge in [0, 0.05) is 23.7 Å². The average molecular weight is 307 g/mol. The van der Waals surface area contributed by atoms with Gasteiger partial charge >= 0.3 is 5.97 Å². The van der Waals surface area contributed by atoms with Crippen LogP contribution in [0.1, 0.15) is 13.3 Å². The molecule has 7 nitrogen and oxygen atoms in total. The zero-order valence-corrected chi connectivity index (χ0v) is 11.9. The highest BCUT2D eigenvalue weighted by Crippen LogP contribution is 2.47. The molecule has 1 amide bonds. The zero-order valence-electron chi connectivity index (χ0n) is 11.1. The quantitative estimate of drug-likeness (QED) is 0.615. The minimum absolute atomic E-state index is 0.0145. The highest BCUT2D eigenvalue weighted by molar-refractivity contribution is 8.03. The topological polar surface area (TPSA) is 104 Å². The number of β-lactam (4-membered cyclic amide) rings is 1. The van der Waals surface area contributed by atoms with Crippen LogP contribution in [0.3, 0.4) is 0 Å². The third kappa shape index (κ3) is 2.20. The standard InChI is InChI=1S/C13H13N3O4S/c1-6(17)9-7-5-8(21-13-14-3-2-4-15-13)10(12(19)20)16(7)11(9)18/h2-4,6-7,9,17H,5H2,1H3,(H,19,20)/t6-,7?,9?/m0/s1. The number of nitrogens with zero attached hydrogens (tertiary/aromatic N) is 3. The second kappa shape index (κ2) is 5.12. The fourth-order valence-corrected chi connectivity index (χ4v) is 3.75. The summed E-state index contributed by atoms with van der Waals surface area (Å²) in [6.45, 7) is 1.55. The molecule has 0 saturated carbocycles. The van der Waals surface area contributed by atoms with Crippen molar-refractivity contribution < 1.29 is 19.8 Å². The summed E-state index contributed by atoms with van der Waals surface area (Å²) in [4.78, 5) is 33.4. The van der Waals surface area contributed by atoms with E-state index in [1.54, 1.807) is 25.4 Å². The first kappa shape index (κ1) is 14.0. The molecule has 0 spiro atoms. The van der Waals surface area contributed by atoms with Crippen molar-refractivity contribution >= 4 is 23.6 Å². The molecule has 3 heterocycles. The van der Waals surface area contributed by atoms with Crippen molar-refractivity contribution in [2.75, 3.05) is 0 Å². The van der Waals surface area contributed by atoms with E-state index in [2.05, 4.69) is 9.97 Å². The van der Waals surface area contributed by atoms with E-state index >= 15 is 0 Å². The predicted molar refractivity (Wildman–Crippen MR) is 73.0 cm³/mol. The molecule has 0 aliphatic carbocycles. The first-order valence-electron chi connectivity index (χ1n) is 6.43. The van der Waals surface area contributed by atoms with E-state index in [9.17, 15) is 19.8 Å². The summed E-state index contributed by atoms with van der Waals surface area (Å²) in [5, 5.41) is 19.4. The summed E-state index contributed by atoms with van der Waals surface area (Å²) in [6.07, 6.45) is 2.77. The number of aliphatic carboxylic acids is 1. The second-order valence-electron chi connectivity index (χ2n) is 4.96. The minimum Gasteiger partial charge on any atom is -0.477 e. The van der Waals surface area contributed by atoms with E-state index < -0.39 is 18.0 Å². The lowest BCUT2D eigenvalue weighted by Crippen LogP contribution is -2.61. The molecule has 3 rings (SSSR count). The van der Waals surface area contributed by atoms with E-state index in [1.807, 2.05) is 0 Å². The first-order chi connectivity index (χ1) is 10.0. The number of amides is 1. The van der Waals surface area contributed by atoms with Crippen molar-refractivity contribution in [3.63, 3.8) is 0 Å². The molecule has 21 heavy (non-hydrogen) atoms.